The zero-order chi connectivity index (χ0) is 15.9. The number of hydrogen-bond acceptors (Lipinski definition) is 3. The first-order chi connectivity index (χ1) is 11.2. The van der Waals surface area contributed by atoms with Crippen LogP contribution in [0.25, 0.3) is 10.8 Å². The van der Waals surface area contributed by atoms with Crippen LogP contribution in [0, 0.1) is 0 Å². The minimum absolute atomic E-state index is 0.311. The highest BCUT2D eigenvalue weighted by molar-refractivity contribution is 7.89. The Balaban J connectivity index is 1.70. The number of sulfonamides is 1. The van der Waals surface area contributed by atoms with Gasteiger partial charge in [-0.3, -0.25) is 0 Å². The maximum Gasteiger partial charge on any atom is 0.243 e. The van der Waals surface area contributed by atoms with E-state index in [-0.39, 0.29) is 0 Å². The van der Waals surface area contributed by atoms with Crippen LogP contribution in [-0.4, -0.2) is 25.8 Å². The van der Waals surface area contributed by atoms with Crippen molar-refractivity contribution in [1.82, 2.24) is 4.31 Å². The predicted octanol–water partition coefficient (Wildman–Crippen LogP) is 4.08. The molecule has 1 fully saturated rings. The third-order valence-corrected chi connectivity index (χ3v) is 7.16. The second-order valence-electron chi connectivity index (χ2n) is 5.88. The highest BCUT2D eigenvalue weighted by atomic mass is 32.2. The number of hydrogen-bond donors (Lipinski definition) is 0. The summed E-state index contributed by atoms with van der Waals surface area (Å²) in [5, 5.41) is 5.94. The quantitative estimate of drug-likeness (QED) is 0.718. The van der Waals surface area contributed by atoms with Crippen LogP contribution in [0.3, 0.4) is 0 Å². The van der Waals surface area contributed by atoms with E-state index < -0.39 is 10.0 Å². The van der Waals surface area contributed by atoms with E-state index in [0.29, 0.717) is 23.9 Å². The van der Waals surface area contributed by atoms with Gasteiger partial charge in [0.15, 0.2) is 0 Å². The molecule has 1 unspecified atom stereocenters. The maximum absolute atomic E-state index is 13.1. The van der Waals surface area contributed by atoms with Crippen molar-refractivity contribution in [3.63, 3.8) is 0 Å². The van der Waals surface area contributed by atoms with Gasteiger partial charge in [0, 0.05) is 18.5 Å². The van der Waals surface area contributed by atoms with Crippen LogP contribution in [0.2, 0.25) is 0 Å². The van der Waals surface area contributed by atoms with E-state index in [2.05, 4.69) is 16.8 Å². The summed E-state index contributed by atoms with van der Waals surface area (Å²) in [5.41, 5.74) is 1.26. The molecule has 1 aliphatic heterocycles. The largest absolute Gasteiger partial charge is 0.243 e. The molecule has 3 aromatic rings. The lowest BCUT2D eigenvalue weighted by Gasteiger charge is -2.18. The Kier molecular flexibility index (Phi) is 3.71. The van der Waals surface area contributed by atoms with Gasteiger partial charge >= 0.3 is 0 Å². The Morgan fingerprint density at radius 2 is 1.87 bits per heavy atom. The minimum atomic E-state index is -3.45. The smallest absolute Gasteiger partial charge is 0.207 e. The molecule has 1 atom stereocenters. The topological polar surface area (TPSA) is 37.4 Å². The number of rotatable bonds is 3. The van der Waals surface area contributed by atoms with Crippen LogP contribution in [0.15, 0.2) is 64.2 Å². The van der Waals surface area contributed by atoms with Crippen molar-refractivity contribution in [2.45, 2.75) is 17.2 Å². The van der Waals surface area contributed by atoms with Crippen molar-refractivity contribution in [1.29, 1.82) is 0 Å². The Labute approximate surface area is 140 Å². The number of nitrogens with zero attached hydrogens (tertiary/aromatic N) is 1. The van der Waals surface area contributed by atoms with Gasteiger partial charge in [-0.05, 0) is 46.2 Å². The van der Waals surface area contributed by atoms with Gasteiger partial charge in [-0.1, -0.05) is 36.4 Å². The fraction of sp³-hybridized carbons (Fsp3) is 0.222. The fourth-order valence-electron chi connectivity index (χ4n) is 3.29. The van der Waals surface area contributed by atoms with Crippen LogP contribution in [0.5, 0.6) is 0 Å². The first kappa shape index (κ1) is 14.9. The van der Waals surface area contributed by atoms with Gasteiger partial charge in [-0.25, -0.2) is 8.42 Å². The van der Waals surface area contributed by atoms with Crippen molar-refractivity contribution < 1.29 is 8.42 Å². The summed E-state index contributed by atoms with van der Waals surface area (Å²) in [4.78, 5) is 0.418. The average molecular weight is 343 g/mol. The lowest BCUT2D eigenvalue weighted by molar-refractivity contribution is 0.473. The van der Waals surface area contributed by atoms with Crippen LogP contribution >= 0.6 is 11.3 Å². The van der Waals surface area contributed by atoms with Gasteiger partial charge in [0.25, 0.3) is 0 Å². The maximum atomic E-state index is 13.1. The molecule has 1 saturated heterocycles. The lowest BCUT2D eigenvalue weighted by atomic mass is 10.0. The number of thiophene rings is 1. The molecule has 0 bridgehead atoms. The van der Waals surface area contributed by atoms with E-state index in [4.69, 9.17) is 0 Å². The highest BCUT2D eigenvalue weighted by Crippen LogP contribution is 2.33. The molecule has 2 aromatic carbocycles. The standard InChI is InChI=1S/C18H17NO2S2/c20-23(21,18-7-3-5-14-4-1-2-6-17(14)18)19-10-8-15(12-19)16-9-11-22-13-16/h1-7,9,11,13,15H,8,10,12H2. The van der Waals surface area contributed by atoms with Crippen molar-refractivity contribution in [3.05, 3.63) is 64.9 Å². The summed E-state index contributed by atoms with van der Waals surface area (Å²) in [5.74, 6) is 0.311. The summed E-state index contributed by atoms with van der Waals surface area (Å²) in [7, 11) is -3.45. The molecule has 23 heavy (non-hydrogen) atoms. The van der Waals surface area contributed by atoms with E-state index in [9.17, 15) is 8.42 Å². The molecular weight excluding hydrogens is 326 g/mol. The number of benzene rings is 2. The average Bonchev–Trinajstić information content (AvgIpc) is 3.25. The van der Waals surface area contributed by atoms with Crippen LogP contribution in [-0.2, 0) is 10.0 Å². The van der Waals surface area contributed by atoms with Crippen LogP contribution in [0.4, 0.5) is 0 Å². The third-order valence-electron chi connectivity index (χ3n) is 4.53. The van der Waals surface area contributed by atoms with Gasteiger partial charge in [0.2, 0.25) is 10.0 Å². The van der Waals surface area contributed by atoms with Crippen molar-refractivity contribution in [2.75, 3.05) is 13.1 Å². The molecule has 1 aliphatic rings. The molecule has 3 nitrogen and oxygen atoms in total. The Bertz CT molecular complexity index is 927. The van der Waals surface area contributed by atoms with Crippen molar-refractivity contribution in [3.8, 4) is 0 Å². The Hall–Kier alpha value is -1.69. The summed E-state index contributed by atoms with van der Waals surface area (Å²) in [6.45, 7) is 1.16. The molecule has 0 aliphatic carbocycles. The van der Waals surface area contributed by atoms with Gasteiger partial charge in [0.05, 0.1) is 4.90 Å². The number of fused-ring (bicyclic) bond motifs is 1. The first-order valence-corrected chi connectivity index (χ1v) is 10.0. The summed E-state index contributed by atoms with van der Waals surface area (Å²) < 4.78 is 27.8. The molecule has 0 amide bonds. The summed E-state index contributed by atoms with van der Waals surface area (Å²) in [6.07, 6.45) is 0.890. The first-order valence-electron chi connectivity index (χ1n) is 7.66. The highest BCUT2D eigenvalue weighted by Gasteiger charge is 2.34. The van der Waals surface area contributed by atoms with E-state index in [1.54, 1.807) is 21.7 Å². The summed E-state index contributed by atoms with van der Waals surface area (Å²) >= 11 is 1.67. The Morgan fingerprint density at radius 1 is 1.04 bits per heavy atom. The third kappa shape index (κ3) is 2.59. The van der Waals surface area contributed by atoms with Crippen molar-refractivity contribution >= 4 is 32.1 Å². The SMILES string of the molecule is O=S(=O)(c1cccc2ccccc12)N1CCC(c2ccsc2)C1. The van der Waals surface area contributed by atoms with E-state index in [1.807, 2.05) is 36.4 Å². The fourth-order valence-corrected chi connectivity index (χ4v) is 5.74. The molecule has 0 radical (unpaired) electrons. The van der Waals surface area contributed by atoms with E-state index in [1.165, 1.54) is 5.56 Å². The van der Waals surface area contributed by atoms with Gasteiger partial charge in [-0.2, -0.15) is 15.6 Å². The second-order valence-corrected chi connectivity index (χ2v) is 8.57. The molecule has 2 heterocycles. The minimum Gasteiger partial charge on any atom is -0.207 e. The van der Waals surface area contributed by atoms with Gasteiger partial charge in [0.1, 0.15) is 0 Å². The van der Waals surface area contributed by atoms with Crippen molar-refractivity contribution in [2.24, 2.45) is 0 Å². The zero-order valence-electron chi connectivity index (χ0n) is 12.6. The molecule has 0 saturated carbocycles. The molecule has 5 heteroatoms. The second kappa shape index (κ2) is 5.74. The Morgan fingerprint density at radius 3 is 2.70 bits per heavy atom. The summed E-state index contributed by atoms with van der Waals surface area (Å²) in [6, 6.07) is 15.2. The molecule has 4 rings (SSSR count). The van der Waals surface area contributed by atoms with Crippen LogP contribution < -0.4 is 0 Å². The molecule has 0 spiro atoms. The van der Waals surface area contributed by atoms with E-state index >= 15 is 0 Å². The van der Waals surface area contributed by atoms with E-state index in [0.717, 1.165) is 17.2 Å². The monoisotopic (exact) mass is 343 g/mol. The molecule has 0 N–H and O–H groups in total. The van der Waals surface area contributed by atoms with Crippen LogP contribution in [0.1, 0.15) is 17.9 Å². The molecule has 118 valence electrons. The molecular formula is C18H17NO2S2. The van der Waals surface area contributed by atoms with Gasteiger partial charge in [-0.15, -0.1) is 0 Å². The zero-order valence-corrected chi connectivity index (χ0v) is 14.2. The van der Waals surface area contributed by atoms with Gasteiger partial charge < -0.3 is 0 Å². The lowest BCUT2D eigenvalue weighted by Crippen LogP contribution is -2.28. The molecule has 1 aromatic heterocycles. The normalized spacial score (nSPS) is 19.4. The predicted molar refractivity (Wildman–Crippen MR) is 94.4 cm³/mol.